The van der Waals surface area contributed by atoms with Crippen LogP contribution in [0.5, 0.6) is 5.75 Å². The Kier molecular flexibility index (Phi) is 4.25. The van der Waals surface area contributed by atoms with Crippen LogP contribution in [0, 0.1) is 0 Å². The highest BCUT2D eigenvalue weighted by Gasteiger charge is 2.13. The van der Waals surface area contributed by atoms with Crippen molar-refractivity contribution in [1.82, 2.24) is 10.2 Å². The number of nitrogen functional groups attached to an aromatic ring is 1. The van der Waals surface area contributed by atoms with Crippen molar-refractivity contribution in [2.45, 2.75) is 32.8 Å². The van der Waals surface area contributed by atoms with Crippen molar-refractivity contribution in [1.29, 1.82) is 0 Å². The average Bonchev–Trinajstić information content (AvgIpc) is 3.02. The van der Waals surface area contributed by atoms with E-state index in [1.807, 2.05) is 24.3 Å². The van der Waals surface area contributed by atoms with Crippen molar-refractivity contribution in [3.05, 3.63) is 60.0 Å². The first-order valence-electron chi connectivity index (χ1n) is 7.83. The topological polar surface area (TPSA) is 74.2 Å². The summed E-state index contributed by atoms with van der Waals surface area (Å²) in [5, 5.41) is 8.05. The molecule has 3 rings (SSSR count). The van der Waals surface area contributed by atoms with Gasteiger partial charge in [-0.25, -0.2) is 0 Å². The van der Waals surface area contributed by atoms with Crippen molar-refractivity contribution < 1.29 is 9.15 Å². The number of nitrogens with zero attached hydrogens (tertiary/aromatic N) is 2. The Morgan fingerprint density at radius 2 is 1.62 bits per heavy atom. The number of benzene rings is 2. The molecule has 0 radical (unpaired) electrons. The molecule has 24 heavy (non-hydrogen) atoms. The molecule has 2 aromatic carbocycles. The Morgan fingerprint density at radius 3 is 2.25 bits per heavy atom. The zero-order valence-electron chi connectivity index (χ0n) is 14.1. The van der Waals surface area contributed by atoms with E-state index in [-0.39, 0.29) is 12.0 Å². The maximum absolute atomic E-state index is 5.71. The minimum Gasteiger partial charge on any atom is -0.484 e. The molecule has 5 heteroatoms. The largest absolute Gasteiger partial charge is 0.484 e. The van der Waals surface area contributed by atoms with E-state index in [9.17, 15) is 0 Å². The van der Waals surface area contributed by atoms with Gasteiger partial charge < -0.3 is 14.9 Å². The van der Waals surface area contributed by atoms with Crippen LogP contribution in [0.1, 0.15) is 32.2 Å². The fraction of sp³-hybridized carbons (Fsp3) is 0.263. The van der Waals surface area contributed by atoms with Gasteiger partial charge in [-0.2, -0.15) is 0 Å². The zero-order valence-corrected chi connectivity index (χ0v) is 14.1. The molecule has 0 aliphatic heterocycles. The number of hydrogen-bond acceptors (Lipinski definition) is 5. The number of nitrogens with two attached hydrogens (primary N) is 1. The molecule has 0 aliphatic carbocycles. The molecular formula is C19H21N3O2. The summed E-state index contributed by atoms with van der Waals surface area (Å²) in [6.45, 7) is 6.77. The molecule has 0 spiro atoms. The first-order valence-corrected chi connectivity index (χ1v) is 7.83. The average molecular weight is 323 g/mol. The van der Waals surface area contributed by atoms with Gasteiger partial charge in [-0.15, -0.1) is 10.2 Å². The highest BCUT2D eigenvalue weighted by atomic mass is 16.5. The van der Waals surface area contributed by atoms with Gasteiger partial charge in [0.15, 0.2) is 6.61 Å². The summed E-state index contributed by atoms with van der Waals surface area (Å²) < 4.78 is 11.3. The Balaban J connectivity index is 1.64. The van der Waals surface area contributed by atoms with Crippen LogP contribution in [-0.4, -0.2) is 10.2 Å². The molecule has 1 heterocycles. The molecule has 3 aromatic rings. The zero-order chi connectivity index (χ0) is 17.2. The van der Waals surface area contributed by atoms with Crippen molar-refractivity contribution in [3.63, 3.8) is 0 Å². The molecule has 0 saturated heterocycles. The fourth-order valence-electron chi connectivity index (χ4n) is 2.25. The van der Waals surface area contributed by atoms with Crippen molar-refractivity contribution in [2.24, 2.45) is 0 Å². The fourth-order valence-corrected chi connectivity index (χ4v) is 2.25. The summed E-state index contributed by atoms with van der Waals surface area (Å²) in [6, 6.07) is 15.3. The minimum absolute atomic E-state index is 0.124. The van der Waals surface area contributed by atoms with Crippen LogP contribution >= 0.6 is 0 Å². The van der Waals surface area contributed by atoms with E-state index in [4.69, 9.17) is 14.9 Å². The van der Waals surface area contributed by atoms with Gasteiger partial charge in [0, 0.05) is 11.3 Å². The third kappa shape index (κ3) is 3.74. The van der Waals surface area contributed by atoms with Gasteiger partial charge in [0.2, 0.25) is 5.89 Å². The Labute approximate surface area is 141 Å². The highest BCUT2D eigenvalue weighted by Crippen LogP contribution is 2.25. The SMILES string of the molecule is CC(C)(C)c1ccc(OCc2nnc(-c3ccc(N)cc3)o2)cc1. The number of hydrogen-bond donors (Lipinski definition) is 1. The van der Waals surface area contributed by atoms with Crippen LogP contribution < -0.4 is 10.5 Å². The van der Waals surface area contributed by atoms with Crippen molar-refractivity contribution >= 4 is 5.69 Å². The monoisotopic (exact) mass is 323 g/mol. The van der Waals surface area contributed by atoms with E-state index in [1.54, 1.807) is 12.1 Å². The van der Waals surface area contributed by atoms with E-state index < -0.39 is 0 Å². The first-order chi connectivity index (χ1) is 11.4. The number of anilines is 1. The van der Waals surface area contributed by atoms with E-state index >= 15 is 0 Å². The van der Waals surface area contributed by atoms with Gasteiger partial charge in [0.1, 0.15) is 5.75 Å². The van der Waals surface area contributed by atoms with Gasteiger partial charge in [-0.3, -0.25) is 0 Å². The quantitative estimate of drug-likeness (QED) is 0.729. The first kappa shape index (κ1) is 16.1. The molecule has 124 valence electrons. The molecule has 0 atom stereocenters. The molecule has 0 amide bonds. The molecule has 0 bridgehead atoms. The molecule has 0 fully saturated rings. The smallest absolute Gasteiger partial charge is 0.254 e. The Bertz CT molecular complexity index is 800. The summed E-state index contributed by atoms with van der Waals surface area (Å²) in [5.74, 6) is 1.66. The van der Waals surface area contributed by atoms with Gasteiger partial charge in [-0.05, 0) is 47.4 Å². The number of rotatable bonds is 4. The molecule has 0 unspecified atom stereocenters. The van der Waals surface area contributed by atoms with Crippen LogP contribution in [0.2, 0.25) is 0 Å². The van der Waals surface area contributed by atoms with Gasteiger partial charge >= 0.3 is 0 Å². The van der Waals surface area contributed by atoms with E-state index in [0.717, 1.165) is 11.3 Å². The van der Waals surface area contributed by atoms with Gasteiger partial charge in [0.05, 0.1) is 0 Å². The highest BCUT2D eigenvalue weighted by molar-refractivity contribution is 5.56. The summed E-state index contributed by atoms with van der Waals surface area (Å²) in [6.07, 6.45) is 0. The van der Waals surface area contributed by atoms with E-state index in [0.29, 0.717) is 17.5 Å². The predicted octanol–water partition coefficient (Wildman–Crippen LogP) is 4.20. The summed E-state index contributed by atoms with van der Waals surface area (Å²) in [4.78, 5) is 0. The Morgan fingerprint density at radius 1 is 0.958 bits per heavy atom. The lowest BCUT2D eigenvalue weighted by molar-refractivity contribution is 0.264. The molecule has 0 saturated carbocycles. The van der Waals surface area contributed by atoms with Crippen molar-refractivity contribution in [3.8, 4) is 17.2 Å². The Hall–Kier alpha value is -2.82. The lowest BCUT2D eigenvalue weighted by Crippen LogP contribution is -2.10. The van der Waals surface area contributed by atoms with Crippen molar-refractivity contribution in [2.75, 3.05) is 5.73 Å². The molecule has 5 nitrogen and oxygen atoms in total. The van der Waals surface area contributed by atoms with Crippen LogP contribution in [0.15, 0.2) is 52.9 Å². The van der Waals surface area contributed by atoms with Crippen LogP contribution in [-0.2, 0) is 12.0 Å². The maximum Gasteiger partial charge on any atom is 0.254 e. The number of aromatic nitrogens is 2. The summed E-state index contributed by atoms with van der Waals surface area (Å²) in [5.41, 5.74) is 8.59. The summed E-state index contributed by atoms with van der Waals surface area (Å²) in [7, 11) is 0. The third-order valence-electron chi connectivity index (χ3n) is 3.71. The van der Waals surface area contributed by atoms with Gasteiger partial charge in [-0.1, -0.05) is 32.9 Å². The van der Waals surface area contributed by atoms with Crippen LogP contribution in [0.4, 0.5) is 5.69 Å². The molecule has 2 N–H and O–H groups in total. The second-order valence-electron chi connectivity index (χ2n) is 6.69. The summed E-state index contributed by atoms with van der Waals surface area (Å²) >= 11 is 0. The van der Waals surface area contributed by atoms with Crippen LogP contribution in [0.3, 0.4) is 0 Å². The normalized spacial score (nSPS) is 11.5. The molecule has 1 aromatic heterocycles. The lowest BCUT2D eigenvalue weighted by atomic mass is 9.87. The second-order valence-corrected chi connectivity index (χ2v) is 6.69. The van der Waals surface area contributed by atoms with E-state index in [1.165, 1.54) is 5.56 Å². The second kappa shape index (κ2) is 6.35. The standard InChI is InChI=1S/C19H21N3O2/c1-19(2,3)14-6-10-16(11-7-14)23-12-17-21-22-18(24-17)13-4-8-15(20)9-5-13/h4-11H,12,20H2,1-3H3. The maximum atomic E-state index is 5.71. The number of ether oxygens (including phenoxy) is 1. The van der Waals surface area contributed by atoms with Crippen LogP contribution in [0.25, 0.3) is 11.5 Å². The predicted molar refractivity (Wildman–Crippen MR) is 93.6 cm³/mol. The molecular weight excluding hydrogens is 302 g/mol. The third-order valence-corrected chi connectivity index (χ3v) is 3.71. The molecule has 0 aliphatic rings. The van der Waals surface area contributed by atoms with E-state index in [2.05, 4.69) is 43.1 Å². The van der Waals surface area contributed by atoms with Gasteiger partial charge in [0.25, 0.3) is 5.89 Å². The lowest BCUT2D eigenvalue weighted by Gasteiger charge is -2.19. The minimum atomic E-state index is 0.124.